The van der Waals surface area contributed by atoms with Crippen LogP contribution in [0.15, 0.2) is 133 Å². The molecule has 0 N–H and O–H groups in total. The number of para-hydroxylation sites is 1. The van der Waals surface area contributed by atoms with Crippen LogP contribution in [-0.2, 0) is 5.41 Å². The molecule has 2 heterocycles. The highest BCUT2D eigenvalue weighted by Gasteiger charge is 2.35. The molecule has 204 valence electrons. The van der Waals surface area contributed by atoms with Crippen LogP contribution in [0.25, 0.3) is 67.5 Å². The van der Waals surface area contributed by atoms with Gasteiger partial charge in [-0.25, -0.2) is 19.9 Å². The average molecular weight is 553 g/mol. The lowest BCUT2D eigenvalue weighted by molar-refractivity contribution is 0.660. The van der Waals surface area contributed by atoms with E-state index in [4.69, 9.17) is 19.9 Å². The molecule has 0 saturated heterocycles. The number of nitrogens with zero attached hydrogens (tertiary/aromatic N) is 4. The molecule has 7 aromatic rings. The molecule has 0 amide bonds. The monoisotopic (exact) mass is 552 g/mol. The van der Waals surface area contributed by atoms with E-state index in [9.17, 15) is 0 Å². The minimum Gasteiger partial charge on any atom is -0.244 e. The second-order valence-electron chi connectivity index (χ2n) is 11.6. The van der Waals surface area contributed by atoms with Crippen molar-refractivity contribution in [2.75, 3.05) is 0 Å². The summed E-state index contributed by atoms with van der Waals surface area (Å²) in [6, 6.07) is 46.2. The Balaban J connectivity index is 1.31. The van der Waals surface area contributed by atoms with Gasteiger partial charge in [-0.15, -0.1) is 0 Å². The van der Waals surface area contributed by atoms with Gasteiger partial charge in [0.25, 0.3) is 0 Å². The second kappa shape index (κ2) is 9.81. The predicted molar refractivity (Wildman–Crippen MR) is 174 cm³/mol. The number of aromatic nitrogens is 4. The zero-order valence-electron chi connectivity index (χ0n) is 24.0. The van der Waals surface area contributed by atoms with E-state index < -0.39 is 0 Å². The van der Waals surface area contributed by atoms with Crippen LogP contribution in [0.3, 0.4) is 0 Å². The van der Waals surface area contributed by atoms with Crippen LogP contribution < -0.4 is 0 Å². The highest BCUT2D eigenvalue weighted by atomic mass is 15.0. The van der Waals surface area contributed by atoms with Crippen LogP contribution in [0.5, 0.6) is 0 Å². The van der Waals surface area contributed by atoms with Crippen molar-refractivity contribution < 1.29 is 0 Å². The first-order valence-corrected chi connectivity index (χ1v) is 14.6. The summed E-state index contributed by atoms with van der Waals surface area (Å²) >= 11 is 0. The van der Waals surface area contributed by atoms with Gasteiger partial charge in [0.2, 0.25) is 0 Å². The Morgan fingerprint density at radius 1 is 0.419 bits per heavy atom. The molecule has 0 spiro atoms. The number of benzene rings is 5. The first kappa shape index (κ1) is 25.2. The highest BCUT2D eigenvalue weighted by Crippen LogP contribution is 2.49. The maximum atomic E-state index is 5.07. The van der Waals surface area contributed by atoms with E-state index in [1.807, 2.05) is 30.3 Å². The van der Waals surface area contributed by atoms with E-state index in [-0.39, 0.29) is 5.41 Å². The summed E-state index contributed by atoms with van der Waals surface area (Å²) < 4.78 is 0. The molecule has 8 rings (SSSR count). The summed E-state index contributed by atoms with van der Waals surface area (Å²) in [6.45, 7) is 4.58. The van der Waals surface area contributed by atoms with Crippen LogP contribution in [0, 0.1) is 0 Å². The highest BCUT2D eigenvalue weighted by molar-refractivity contribution is 5.84. The number of rotatable bonds is 4. The van der Waals surface area contributed by atoms with Gasteiger partial charge in [-0.05, 0) is 57.6 Å². The molecular weight excluding hydrogens is 524 g/mol. The Morgan fingerprint density at radius 2 is 1.07 bits per heavy atom. The summed E-state index contributed by atoms with van der Waals surface area (Å²) in [5, 5.41) is 1.08. The predicted octanol–water partition coefficient (Wildman–Crippen LogP) is 9.39. The second-order valence-corrected chi connectivity index (χ2v) is 11.6. The lowest BCUT2D eigenvalue weighted by Gasteiger charge is -2.21. The molecule has 4 nitrogen and oxygen atoms in total. The summed E-state index contributed by atoms with van der Waals surface area (Å²) in [5.74, 6) is 1.81. The van der Waals surface area contributed by atoms with Gasteiger partial charge in [-0.2, -0.15) is 0 Å². The van der Waals surface area contributed by atoms with Crippen LogP contribution >= 0.6 is 0 Å². The fourth-order valence-electron chi connectivity index (χ4n) is 6.25. The van der Waals surface area contributed by atoms with E-state index >= 15 is 0 Å². The van der Waals surface area contributed by atoms with E-state index in [0.717, 1.165) is 38.9 Å². The van der Waals surface area contributed by atoms with Gasteiger partial charge in [0.1, 0.15) is 5.69 Å². The van der Waals surface area contributed by atoms with Gasteiger partial charge in [-0.3, -0.25) is 0 Å². The number of pyridine rings is 1. The minimum absolute atomic E-state index is 0.120. The standard InChI is InChI=1S/C39H28N4/c1-39(2)32-17-8-7-16-30(32)31-21-19-29(24-33(31)39)37-41-36(28-15-10-14-27(23-28)25-11-4-3-5-12-25)42-38(43-37)35-22-20-26-13-6-9-18-34(26)40-35/h3-24H,1-2H3. The van der Waals surface area contributed by atoms with Crippen molar-refractivity contribution >= 4 is 10.9 Å². The smallest absolute Gasteiger partial charge is 0.182 e. The lowest BCUT2D eigenvalue weighted by Crippen LogP contribution is -2.15. The number of hydrogen-bond acceptors (Lipinski definition) is 4. The lowest BCUT2D eigenvalue weighted by atomic mass is 9.82. The first-order chi connectivity index (χ1) is 21.0. The Bertz CT molecular complexity index is 2170. The maximum absolute atomic E-state index is 5.07. The van der Waals surface area contributed by atoms with Gasteiger partial charge >= 0.3 is 0 Å². The third-order valence-electron chi connectivity index (χ3n) is 8.53. The Morgan fingerprint density at radius 3 is 1.93 bits per heavy atom. The van der Waals surface area contributed by atoms with Gasteiger partial charge in [0.15, 0.2) is 17.5 Å². The van der Waals surface area contributed by atoms with Crippen molar-refractivity contribution in [3.05, 3.63) is 145 Å². The molecule has 0 radical (unpaired) electrons. The zero-order chi connectivity index (χ0) is 29.0. The zero-order valence-corrected chi connectivity index (χ0v) is 24.0. The van der Waals surface area contributed by atoms with E-state index in [0.29, 0.717) is 17.5 Å². The third kappa shape index (κ3) is 4.31. The molecule has 1 aliphatic carbocycles. The quantitative estimate of drug-likeness (QED) is 0.218. The molecular formula is C39H28N4. The fraction of sp³-hybridized carbons (Fsp3) is 0.0769. The summed E-state index contributed by atoms with van der Waals surface area (Å²) in [6.07, 6.45) is 0. The van der Waals surface area contributed by atoms with Gasteiger partial charge in [0.05, 0.1) is 5.52 Å². The molecule has 2 aromatic heterocycles. The van der Waals surface area contributed by atoms with Crippen molar-refractivity contribution in [2.24, 2.45) is 0 Å². The van der Waals surface area contributed by atoms with Crippen molar-refractivity contribution in [2.45, 2.75) is 19.3 Å². The summed E-state index contributed by atoms with van der Waals surface area (Å²) in [7, 11) is 0. The number of fused-ring (bicyclic) bond motifs is 4. The maximum Gasteiger partial charge on any atom is 0.182 e. The molecule has 0 bridgehead atoms. The van der Waals surface area contributed by atoms with Crippen LogP contribution in [0.2, 0.25) is 0 Å². The van der Waals surface area contributed by atoms with Crippen molar-refractivity contribution in [3.8, 4) is 56.5 Å². The fourth-order valence-corrected chi connectivity index (χ4v) is 6.25. The van der Waals surface area contributed by atoms with Crippen LogP contribution in [0.1, 0.15) is 25.0 Å². The molecule has 0 saturated carbocycles. The van der Waals surface area contributed by atoms with Gasteiger partial charge < -0.3 is 0 Å². The normalized spacial score (nSPS) is 13.1. The van der Waals surface area contributed by atoms with E-state index in [1.54, 1.807) is 0 Å². The molecule has 5 aromatic carbocycles. The van der Waals surface area contributed by atoms with E-state index in [2.05, 4.69) is 117 Å². The SMILES string of the molecule is CC1(C)c2ccccc2-c2ccc(-c3nc(-c4cccc(-c5ccccc5)c4)nc(-c4ccc5ccccc5n4)n3)cc21. The Hall–Kier alpha value is -5.48. The minimum atomic E-state index is -0.120. The average Bonchev–Trinajstić information content (AvgIpc) is 3.30. The summed E-state index contributed by atoms with van der Waals surface area (Å²) in [5.41, 5.74) is 10.9. The third-order valence-corrected chi connectivity index (χ3v) is 8.53. The topological polar surface area (TPSA) is 51.6 Å². The number of hydrogen-bond donors (Lipinski definition) is 0. The van der Waals surface area contributed by atoms with Crippen LogP contribution in [0.4, 0.5) is 0 Å². The molecule has 0 unspecified atom stereocenters. The Kier molecular flexibility index (Phi) is 5.76. The summed E-state index contributed by atoms with van der Waals surface area (Å²) in [4.78, 5) is 20.0. The largest absolute Gasteiger partial charge is 0.244 e. The van der Waals surface area contributed by atoms with Crippen molar-refractivity contribution in [1.29, 1.82) is 0 Å². The molecule has 43 heavy (non-hydrogen) atoms. The molecule has 0 fully saturated rings. The van der Waals surface area contributed by atoms with Crippen LogP contribution in [-0.4, -0.2) is 19.9 Å². The Labute approximate surface area is 250 Å². The van der Waals surface area contributed by atoms with Gasteiger partial charge in [0, 0.05) is 21.9 Å². The molecule has 0 atom stereocenters. The van der Waals surface area contributed by atoms with Crippen molar-refractivity contribution in [3.63, 3.8) is 0 Å². The molecule has 1 aliphatic rings. The molecule has 4 heteroatoms. The first-order valence-electron chi connectivity index (χ1n) is 14.6. The van der Waals surface area contributed by atoms with Crippen molar-refractivity contribution in [1.82, 2.24) is 19.9 Å². The molecule has 0 aliphatic heterocycles. The van der Waals surface area contributed by atoms with Gasteiger partial charge in [-0.1, -0.05) is 123 Å². The van der Waals surface area contributed by atoms with E-state index in [1.165, 1.54) is 22.3 Å².